The van der Waals surface area contributed by atoms with E-state index in [2.05, 4.69) is 14.7 Å². The molecule has 0 radical (unpaired) electrons. The van der Waals surface area contributed by atoms with Gasteiger partial charge >= 0.3 is 6.09 Å². The van der Waals surface area contributed by atoms with Gasteiger partial charge in [0.05, 0.1) is 0 Å². The van der Waals surface area contributed by atoms with E-state index >= 15 is 0 Å². The Balaban J connectivity index is 0.000000178. The van der Waals surface area contributed by atoms with Gasteiger partial charge in [0.25, 0.3) is 0 Å². The first-order valence-corrected chi connectivity index (χ1v) is 7.22. The molecule has 2 atom stereocenters. The summed E-state index contributed by atoms with van der Waals surface area (Å²) in [5.41, 5.74) is -0.357. The lowest BCUT2D eigenvalue weighted by molar-refractivity contribution is 0.0274. The summed E-state index contributed by atoms with van der Waals surface area (Å²) in [6.07, 6.45) is 2.50. The van der Waals surface area contributed by atoms with Gasteiger partial charge in [0.1, 0.15) is 11.5 Å². The van der Waals surface area contributed by atoms with Crippen LogP contribution in [0.5, 0.6) is 0 Å². The van der Waals surface area contributed by atoms with Crippen LogP contribution in [0.25, 0.3) is 0 Å². The van der Waals surface area contributed by atoms with Gasteiger partial charge in [0.2, 0.25) is 5.89 Å². The van der Waals surface area contributed by atoms with Crippen LogP contribution in [0.2, 0.25) is 0 Å². The minimum absolute atomic E-state index is 0.139. The molecule has 2 fully saturated rings. The molecule has 2 unspecified atom stereocenters. The number of ether oxygens (including phenoxy) is 1. The third-order valence-corrected chi connectivity index (χ3v) is 3.38. The van der Waals surface area contributed by atoms with Gasteiger partial charge in [0, 0.05) is 13.1 Å². The summed E-state index contributed by atoms with van der Waals surface area (Å²) in [4.78, 5) is 17.0. The fourth-order valence-corrected chi connectivity index (χ4v) is 2.25. The lowest BCUT2D eigenvalue weighted by atomic mass is 10.2. The number of likely N-dealkylation sites (tertiary alicyclic amines) is 1. The van der Waals surface area contributed by atoms with Crippen molar-refractivity contribution in [2.45, 2.75) is 38.7 Å². The molecule has 2 heterocycles. The lowest BCUT2D eigenvalue weighted by Gasteiger charge is -2.25. The Kier molecular flexibility index (Phi) is 4.52. The molecule has 1 aromatic heterocycles. The first-order valence-electron chi connectivity index (χ1n) is 6.68. The summed E-state index contributed by atoms with van der Waals surface area (Å²) in [5, 5.41) is 3.32. The number of aromatic nitrogens is 2. The summed E-state index contributed by atoms with van der Waals surface area (Å²) in [7, 11) is 0. The molecule has 1 amide bonds. The Morgan fingerprint density at radius 1 is 1.50 bits per heavy atom. The monoisotopic (exact) mass is 301 g/mol. The number of halogens is 1. The second kappa shape index (κ2) is 5.99. The number of nitrogens with zero attached hydrogens (tertiary/aromatic N) is 3. The van der Waals surface area contributed by atoms with Gasteiger partial charge in [-0.05, 0) is 39.0 Å². The third-order valence-electron chi connectivity index (χ3n) is 3.15. The molecule has 1 aliphatic heterocycles. The molecule has 6 nitrogen and oxygen atoms in total. The number of hydrogen-bond donors (Lipinski definition) is 0. The molecule has 1 saturated heterocycles. The lowest BCUT2D eigenvalue weighted by Crippen LogP contribution is -2.36. The van der Waals surface area contributed by atoms with Gasteiger partial charge in [-0.25, -0.2) is 4.79 Å². The minimum atomic E-state index is -0.357. The standard InChI is InChI=1S/C10H17NO2.C3H3ClN2O/c1-10(2,3)13-9(12)11-5-7-4-8(7)6-11;4-1-3-5-2-6-7-3/h7-8H,4-6H2,1-3H3;2H,1H2. The van der Waals surface area contributed by atoms with Crippen LogP contribution in [0.15, 0.2) is 10.9 Å². The van der Waals surface area contributed by atoms with Crippen LogP contribution in [0.1, 0.15) is 33.1 Å². The summed E-state index contributed by atoms with van der Waals surface area (Å²) >= 11 is 5.27. The average Bonchev–Trinajstić information content (AvgIpc) is 2.84. The first kappa shape index (κ1) is 15.1. The predicted octanol–water partition coefficient (Wildman–Crippen LogP) is 2.68. The number of hydrogen-bond acceptors (Lipinski definition) is 5. The SMILES string of the molecule is CC(C)(C)OC(=O)N1CC2CC2C1.ClCc1ncno1. The maximum atomic E-state index is 11.5. The van der Waals surface area contributed by atoms with Crippen LogP contribution in [0.4, 0.5) is 4.79 Å². The van der Waals surface area contributed by atoms with Gasteiger partial charge in [-0.3, -0.25) is 0 Å². The van der Waals surface area contributed by atoms with E-state index in [0.717, 1.165) is 24.9 Å². The van der Waals surface area contributed by atoms with Crippen molar-refractivity contribution in [2.75, 3.05) is 13.1 Å². The van der Waals surface area contributed by atoms with Crippen molar-refractivity contribution in [1.82, 2.24) is 15.0 Å². The van der Waals surface area contributed by atoms with E-state index < -0.39 is 0 Å². The van der Waals surface area contributed by atoms with Crippen LogP contribution in [-0.4, -0.2) is 39.8 Å². The highest BCUT2D eigenvalue weighted by Crippen LogP contribution is 2.45. The van der Waals surface area contributed by atoms with Crippen LogP contribution in [0.3, 0.4) is 0 Å². The van der Waals surface area contributed by atoms with Crippen molar-refractivity contribution in [3.8, 4) is 0 Å². The van der Waals surface area contributed by atoms with Gasteiger partial charge in [-0.1, -0.05) is 5.16 Å². The summed E-state index contributed by atoms with van der Waals surface area (Å²) in [6, 6.07) is 0. The van der Waals surface area contributed by atoms with Crippen molar-refractivity contribution >= 4 is 17.7 Å². The summed E-state index contributed by atoms with van der Waals surface area (Å²) < 4.78 is 9.77. The number of carbonyl (C=O) groups is 1. The Morgan fingerprint density at radius 2 is 2.15 bits per heavy atom. The normalized spacial score (nSPS) is 23.7. The van der Waals surface area contributed by atoms with Crippen molar-refractivity contribution in [3.05, 3.63) is 12.2 Å². The second-order valence-electron chi connectivity index (χ2n) is 6.11. The van der Waals surface area contributed by atoms with Crippen molar-refractivity contribution < 1.29 is 14.1 Å². The zero-order chi connectivity index (χ0) is 14.8. The molecule has 112 valence electrons. The van der Waals surface area contributed by atoms with E-state index in [9.17, 15) is 4.79 Å². The van der Waals surface area contributed by atoms with E-state index in [-0.39, 0.29) is 11.7 Å². The quantitative estimate of drug-likeness (QED) is 0.746. The average molecular weight is 302 g/mol. The smallest absolute Gasteiger partial charge is 0.410 e. The van der Waals surface area contributed by atoms with Crippen LogP contribution < -0.4 is 0 Å². The minimum Gasteiger partial charge on any atom is -0.444 e. The molecule has 7 heteroatoms. The van der Waals surface area contributed by atoms with E-state index in [0.29, 0.717) is 11.8 Å². The van der Waals surface area contributed by atoms with Crippen LogP contribution in [-0.2, 0) is 10.6 Å². The highest BCUT2D eigenvalue weighted by molar-refractivity contribution is 6.16. The fourth-order valence-electron chi connectivity index (χ4n) is 2.13. The molecule has 2 aliphatic rings. The number of alkyl halides is 1. The highest BCUT2D eigenvalue weighted by atomic mass is 35.5. The van der Waals surface area contributed by atoms with Crippen LogP contribution >= 0.6 is 11.6 Å². The van der Waals surface area contributed by atoms with Crippen molar-refractivity contribution in [2.24, 2.45) is 11.8 Å². The fraction of sp³-hybridized carbons (Fsp3) is 0.769. The zero-order valence-electron chi connectivity index (χ0n) is 12.0. The highest BCUT2D eigenvalue weighted by Gasteiger charge is 2.47. The molecular formula is C13H20ClN3O3. The van der Waals surface area contributed by atoms with Gasteiger partial charge < -0.3 is 14.2 Å². The maximum Gasteiger partial charge on any atom is 0.410 e. The molecule has 0 spiro atoms. The van der Waals surface area contributed by atoms with E-state index in [1.807, 2.05) is 25.7 Å². The molecule has 0 N–H and O–H groups in total. The van der Waals surface area contributed by atoms with Gasteiger partial charge in [0.15, 0.2) is 6.33 Å². The van der Waals surface area contributed by atoms with E-state index in [4.69, 9.17) is 16.3 Å². The molecule has 1 aliphatic carbocycles. The van der Waals surface area contributed by atoms with Crippen LogP contribution in [0, 0.1) is 11.8 Å². The van der Waals surface area contributed by atoms with Gasteiger partial charge in [-0.2, -0.15) is 4.98 Å². The molecule has 1 aromatic rings. The topological polar surface area (TPSA) is 68.5 Å². The van der Waals surface area contributed by atoms with Crippen molar-refractivity contribution in [1.29, 1.82) is 0 Å². The first-order chi connectivity index (χ1) is 9.39. The number of carbonyl (C=O) groups excluding carboxylic acids is 1. The number of rotatable bonds is 1. The Labute approximate surface area is 123 Å². The summed E-state index contributed by atoms with van der Waals surface area (Å²) in [5.74, 6) is 2.32. The zero-order valence-corrected chi connectivity index (χ0v) is 12.8. The molecular weight excluding hydrogens is 282 g/mol. The molecule has 3 rings (SSSR count). The Hall–Kier alpha value is -1.30. The molecule has 20 heavy (non-hydrogen) atoms. The van der Waals surface area contributed by atoms with Gasteiger partial charge in [-0.15, -0.1) is 11.6 Å². The van der Waals surface area contributed by atoms with Crippen molar-refractivity contribution in [3.63, 3.8) is 0 Å². The van der Waals surface area contributed by atoms with E-state index in [1.165, 1.54) is 12.7 Å². The maximum absolute atomic E-state index is 11.5. The third kappa shape index (κ3) is 4.37. The molecule has 1 saturated carbocycles. The largest absolute Gasteiger partial charge is 0.444 e. The Morgan fingerprint density at radius 3 is 2.55 bits per heavy atom. The Bertz CT molecular complexity index is 434. The van der Waals surface area contributed by atoms with E-state index in [1.54, 1.807) is 0 Å². The molecule has 0 bridgehead atoms. The number of amides is 1. The number of piperidine rings is 1. The second-order valence-corrected chi connectivity index (χ2v) is 6.38. The predicted molar refractivity (Wildman–Crippen MR) is 73.3 cm³/mol. The number of fused-ring (bicyclic) bond motifs is 1. The molecule has 0 aromatic carbocycles. The summed E-state index contributed by atoms with van der Waals surface area (Å²) in [6.45, 7) is 7.55.